The Morgan fingerprint density at radius 1 is 0.526 bits per heavy atom. The Kier molecular flexibility index (Phi) is 21.7. The first-order valence-electron chi connectivity index (χ1n) is 27.2. The molecule has 97 heavy (non-hydrogen) atoms. The fraction of sp³-hybridized carbons (Fsp3) is 0.161. The minimum atomic E-state index is -5.15. The summed E-state index contributed by atoms with van der Waals surface area (Å²) < 4.78 is 214. The maximum Gasteiger partial charge on any atom is 0.573 e. The van der Waals surface area contributed by atoms with Crippen LogP contribution in [0.2, 0.25) is 0 Å². The van der Waals surface area contributed by atoms with Crippen LogP contribution < -0.4 is 35.5 Å². The van der Waals surface area contributed by atoms with Crippen LogP contribution >= 0.6 is 0 Å². The number of hydrogen-bond acceptors (Lipinski definition) is 17. The minimum absolute atomic E-state index is 0.000521. The molecule has 0 radical (unpaired) electrons. The van der Waals surface area contributed by atoms with Crippen molar-refractivity contribution in [1.82, 2.24) is 29.9 Å². The maximum atomic E-state index is 14.5. The number of alkyl halides is 9. The molecule has 9 aromatic rings. The molecule has 0 spiro atoms. The van der Waals surface area contributed by atoms with E-state index in [1.54, 1.807) is 0 Å². The van der Waals surface area contributed by atoms with Gasteiger partial charge in [0.2, 0.25) is 5.43 Å². The first-order chi connectivity index (χ1) is 45.6. The van der Waals surface area contributed by atoms with Gasteiger partial charge in [-0.25, -0.2) is 26.3 Å². The number of Topliss-reactive ketones (excluding diaryl/α,β-unsaturated/α-hetero) is 3. The number of rotatable bonds is 19. The van der Waals surface area contributed by atoms with Crippen molar-refractivity contribution >= 4 is 34.7 Å². The molecule has 0 saturated carbocycles. The van der Waals surface area contributed by atoms with Gasteiger partial charge in [-0.15, -0.1) is 39.5 Å². The van der Waals surface area contributed by atoms with Crippen molar-refractivity contribution in [1.29, 1.82) is 0 Å². The van der Waals surface area contributed by atoms with Crippen molar-refractivity contribution in [2.24, 2.45) is 0 Å². The van der Waals surface area contributed by atoms with Crippen molar-refractivity contribution in [3.05, 3.63) is 268 Å². The number of H-pyrrole nitrogens is 2. The fourth-order valence-electron chi connectivity index (χ4n) is 9.36. The molecule has 7 heterocycles. The van der Waals surface area contributed by atoms with E-state index in [2.05, 4.69) is 44.1 Å². The maximum absolute atomic E-state index is 14.5. The predicted molar refractivity (Wildman–Crippen MR) is 303 cm³/mol. The molecule has 3 aromatic carbocycles. The topological polar surface area (TPSA) is 292 Å². The van der Waals surface area contributed by atoms with E-state index >= 15 is 0 Å². The van der Waals surface area contributed by atoms with Gasteiger partial charge in [0.05, 0.1) is 51.7 Å². The molecule has 35 heteroatoms. The summed E-state index contributed by atoms with van der Waals surface area (Å²) in [6, 6.07) is 17.4. The number of anilines is 1. The molecule has 4 N–H and O–H groups in total. The first-order valence-corrected chi connectivity index (χ1v) is 27.2. The summed E-state index contributed by atoms with van der Waals surface area (Å²) in [7, 11) is 0. The number of nitrogens with one attached hydrogen (secondary N) is 2. The average molecular weight is 1370 g/mol. The Labute approximate surface area is 531 Å². The molecule has 1 aliphatic rings. The van der Waals surface area contributed by atoms with Crippen molar-refractivity contribution < 1.29 is 109 Å². The van der Waals surface area contributed by atoms with Crippen LogP contribution in [0.4, 0.5) is 77.2 Å². The van der Waals surface area contributed by atoms with Gasteiger partial charge in [0.25, 0.3) is 5.43 Å². The van der Waals surface area contributed by atoms with E-state index < -0.39 is 153 Å². The van der Waals surface area contributed by atoms with Gasteiger partial charge in [0.15, 0.2) is 52.0 Å². The number of ether oxygens (including phenoxy) is 4. The lowest BCUT2D eigenvalue weighted by atomic mass is 9.89. The normalized spacial score (nSPS) is 12.9. The van der Waals surface area contributed by atoms with E-state index in [1.165, 1.54) is 49.1 Å². The number of halogens is 15. The SMILES string of the molecule is Nc1c[nH]c(C(=O)C[C@@H](c2ccc(OC(F)(F)F)c(F)c2)c2ncccc2F)cc1=O.O=C(C[C@@H](c1ccc(OC(F)(F)F)c(F)c1)c1ncccc1F)c1cc(=O)c([N+](=O)[O-])c[nH]1.O=C1Cc2cnc(C(=O)C[C@@H](c3ccc(OC(F)(F)F)c(F)c3)c3ncccc3F)cc2O1. The van der Waals surface area contributed by atoms with Crippen LogP contribution in [0.25, 0.3) is 0 Å². The molecular formula is C62H39F15N8O12. The second kappa shape index (κ2) is 29.6. The quantitative estimate of drug-likeness (QED) is 0.0223. The lowest BCUT2D eigenvalue weighted by Crippen LogP contribution is -2.18. The van der Waals surface area contributed by atoms with Crippen LogP contribution in [0.15, 0.2) is 156 Å². The minimum Gasteiger partial charge on any atom is -0.426 e. The number of carbonyl (C=O) groups excluding carboxylic acids is 4. The van der Waals surface area contributed by atoms with E-state index in [1.807, 2.05) is 0 Å². The smallest absolute Gasteiger partial charge is 0.426 e. The highest BCUT2D eigenvalue weighted by Crippen LogP contribution is 2.38. The number of pyridine rings is 6. The zero-order valence-electron chi connectivity index (χ0n) is 48.3. The Morgan fingerprint density at radius 3 is 1.26 bits per heavy atom. The third-order valence-corrected chi connectivity index (χ3v) is 13.7. The van der Waals surface area contributed by atoms with E-state index in [4.69, 9.17) is 10.5 Å². The van der Waals surface area contributed by atoms with Crippen molar-refractivity contribution in [2.45, 2.75) is 62.5 Å². The highest BCUT2D eigenvalue weighted by atomic mass is 19.4. The van der Waals surface area contributed by atoms with Gasteiger partial charge in [0.1, 0.15) is 28.9 Å². The summed E-state index contributed by atoms with van der Waals surface area (Å²) in [5.74, 6) is -15.8. The molecule has 0 bridgehead atoms. The molecule has 0 fully saturated rings. The number of nitrogens with two attached hydrogens (primary N) is 1. The van der Waals surface area contributed by atoms with Gasteiger partial charge in [-0.2, -0.15) is 0 Å². The monoisotopic (exact) mass is 1370 g/mol. The van der Waals surface area contributed by atoms with Crippen LogP contribution in [-0.4, -0.2) is 77.2 Å². The number of aromatic nitrogens is 6. The van der Waals surface area contributed by atoms with E-state index in [0.29, 0.717) is 29.8 Å². The predicted octanol–water partition coefficient (Wildman–Crippen LogP) is 12.7. The number of nitrogens with zero attached hydrogens (tertiary/aromatic N) is 5. The first kappa shape index (κ1) is 71.0. The largest absolute Gasteiger partial charge is 0.573 e. The summed E-state index contributed by atoms with van der Waals surface area (Å²) in [5.41, 5.74) is 1.93. The summed E-state index contributed by atoms with van der Waals surface area (Å²) in [6.45, 7) is 0. The number of hydrogen-bond donors (Lipinski definition) is 3. The van der Waals surface area contributed by atoms with E-state index in [9.17, 15) is 105 Å². The van der Waals surface area contributed by atoms with Gasteiger partial charge in [-0.3, -0.25) is 58.8 Å². The number of nitro groups is 1. The highest BCUT2D eigenvalue weighted by Gasteiger charge is 2.37. The molecular weight excluding hydrogens is 1330 g/mol. The van der Waals surface area contributed by atoms with Crippen LogP contribution in [0.1, 0.15) is 108 Å². The zero-order chi connectivity index (χ0) is 70.8. The summed E-state index contributed by atoms with van der Waals surface area (Å²) in [6.07, 6.45) is -9.98. The lowest BCUT2D eigenvalue weighted by molar-refractivity contribution is -0.386. The number of ketones is 3. The number of fused-ring (bicyclic) bond motifs is 1. The molecule has 6 aromatic heterocycles. The molecule has 0 aliphatic carbocycles. The third-order valence-electron chi connectivity index (χ3n) is 13.7. The molecule has 0 amide bonds. The fourth-order valence-corrected chi connectivity index (χ4v) is 9.36. The van der Waals surface area contributed by atoms with Crippen LogP contribution in [0, 0.1) is 45.0 Å². The van der Waals surface area contributed by atoms with Gasteiger partial charge in [-0.1, -0.05) is 18.2 Å². The second-order valence-electron chi connectivity index (χ2n) is 20.2. The summed E-state index contributed by atoms with van der Waals surface area (Å²) >= 11 is 0. The Morgan fingerprint density at radius 2 is 0.907 bits per heavy atom. The van der Waals surface area contributed by atoms with E-state index in [-0.39, 0.29) is 68.7 Å². The van der Waals surface area contributed by atoms with Crippen molar-refractivity contribution in [3.63, 3.8) is 0 Å². The van der Waals surface area contributed by atoms with Gasteiger partial charge >= 0.3 is 30.7 Å². The number of carbonyl (C=O) groups is 4. The Hall–Kier alpha value is -11.8. The highest BCUT2D eigenvalue weighted by molar-refractivity contribution is 5.97. The Balaban J connectivity index is 0.000000186. The molecule has 20 nitrogen and oxygen atoms in total. The van der Waals surface area contributed by atoms with Crippen LogP contribution in [-0.2, 0) is 11.2 Å². The molecule has 1 aliphatic heterocycles. The number of benzene rings is 3. The summed E-state index contributed by atoms with van der Waals surface area (Å²) in [5, 5.41) is 10.8. The number of esters is 1. The molecule has 0 saturated heterocycles. The molecule has 504 valence electrons. The van der Waals surface area contributed by atoms with Crippen molar-refractivity contribution in [3.8, 4) is 23.0 Å². The average Bonchev–Trinajstić information content (AvgIpc) is 1.56. The molecule has 0 unspecified atom stereocenters. The Bertz CT molecular complexity index is 4610. The second-order valence-corrected chi connectivity index (χ2v) is 20.2. The van der Waals surface area contributed by atoms with Crippen LogP contribution in [0.3, 0.4) is 0 Å². The zero-order valence-corrected chi connectivity index (χ0v) is 48.3. The van der Waals surface area contributed by atoms with E-state index in [0.717, 1.165) is 73.1 Å². The third kappa shape index (κ3) is 18.7. The number of nitrogen functional groups attached to an aromatic ring is 1. The molecule has 10 rings (SSSR count). The van der Waals surface area contributed by atoms with Gasteiger partial charge in [0, 0.05) is 91.8 Å². The number of aromatic amines is 2. The van der Waals surface area contributed by atoms with Crippen LogP contribution in [0.5, 0.6) is 23.0 Å². The molecule has 3 atom stereocenters. The lowest BCUT2D eigenvalue weighted by Gasteiger charge is -2.18. The summed E-state index contributed by atoms with van der Waals surface area (Å²) in [4.78, 5) is 104. The standard InChI is InChI=1S/C22H13F5N2O4.C20H12F5N3O5.C20H14F5N3O3/c23-14-2-1-5-28-21(14)13(11-3-4-18(15(24)6-11)33-22(25,26)27)8-17(30)16-9-19-12(10-29-16)7-20(31)32-19;21-12-2-1-5-26-19(12)11(10-3-4-18(13(22)6-10)33-20(23,24)25)7-16(29)14-8-17(30)15(9-27-14)28(31)32;21-12-2-1-5-27-19(12)11(7-17(30)15-8-16(29)14(26)9-28-15)10-3-4-18(13(22)6-10)31-20(23,24)25/h1-6,9-10,13H,7-8H2;1-6,8-9,11H,7H2,(H,27,30);1-6,8-9,11H,7,26H2,(H,28,29)/t13-;2*11-/m000/s1. The van der Waals surface area contributed by atoms with Gasteiger partial charge < -0.3 is 34.6 Å². The van der Waals surface area contributed by atoms with Crippen molar-refractivity contribution in [2.75, 3.05) is 5.73 Å². The van der Waals surface area contributed by atoms with Gasteiger partial charge in [-0.05, 0) is 89.5 Å².